The van der Waals surface area contributed by atoms with E-state index in [2.05, 4.69) is 26.1 Å². The highest BCUT2D eigenvalue weighted by atomic mass is 16.2. The summed E-state index contributed by atoms with van der Waals surface area (Å²) in [6, 6.07) is 0.602. The molecule has 0 bridgehead atoms. The van der Waals surface area contributed by atoms with Crippen molar-refractivity contribution in [1.29, 1.82) is 0 Å². The fourth-order valence-electron chi connectivity index (χ4n) is 2.38. The van der Waals surface area contributed by atoms with Gasteiger partial charge < -0.3 is 10.2 Å². The highest BCUT2D eigenvalue weighted by Gasteiger charge is 2.27. The second-order valence-electron chi connectivity index (χ2n) is 4.92. The van der Waals surface area contributed by atoms with Gasteiger partial charge in [0.2, 0.25) is 5.91 Å². The summed E-state index contributed by atoms with van der Waals surface area (Å²) in [6.07, 6.45) is 3.96. The van der Waals surface area contributed by atoms with Crippen molar-refractivity contribution in [2.45, 2.75) is 52.5 Å². The Morgan fingerprint density at radius 3 is 2.69 bits per heavy atom. The van der Waals surface area contributed by atoms with E-state index in [0.29, 0.717) is 24.3 Å². The lowest BCUT2D eigenvalue weighted by atomic mass is 9.93. The molecular weight excluding hydrogens is 200 g/mol. The standard InChI is InChI=1S/C13H26N2O/c1-4-6-13(16)15-9-7-12(11(3)10-15)14-8-5-2/h11-12,14H,4-10H2,1-3H3. The van der Waals surface area contributed by atoms with Crippen molar-refractivity contribution in [1.82, 2.24) is 10.2 Å². The van der Waals surface area contributed by atoms with Crippen LogP contribution in [0, 0.1) is 5.92 Å². The van der Waals surface area contributed by atoms with Gasteiger partial charge in [-0.3, -0.25) is 4.79 Å². The average Bonchev–Trinajstić information content (AvgIpc) is 2.27. The first-order valence-corrected chi connectivity index (χ1v) is 6.70. The van der Waals surface area contributed by atoms with Gasteiger partial charge >= 0.3 is 0 Å². The lowest BCUT2D eigenvalue weighted by Gasteiger charge is -2.37. The van der Waals surface area contributed by atoms with Gasteiger partial charge in [0.1, 0.15) is 0 Å². The topological polar surface area (TPSA) is 32.3 Å². The lowest BCUT2D eigenvalue weighted by molar-refractivity contribution is -0.133. The van der Waals surface area contributed by atoms with Gasteiger partial charge in [-0.1, -0.05) is 20.8 Å². The number of piperidine rings is 1. The molecule has 0 aliphatic carbocycles. The Bertz CT molecular complexity index is 218. The van der Waals surface area contributed by atoms with Gasteiger partial charge in [-0.2, -0.15) is 0 Å². The first-order chi connectivity index (χ1) is 7.69. The van der Waals surface area contributed by atoms with Gasteiger partial charge in [0.25, 0.3) is 0 Å². The third-order valence-corrected chi connectivity index (χ3v) is 3.38. The Balaban J connectivity index is 2.35. The van der Waals surface area contributed by atoms with E-state index in [1.807, 2.05) is 4.90 Å². The molecule has 2 unspecified atom stereocenters. The summed E-state index contributed by atoms with van der Waals surface area (Å²) in [4.78, 5) is 13.8. The first-order valence-electron chi connectivity index (χ1n) is 6.70. The largest absolute Gasteiger partial charge is 0.342 e. The van der Waals surface area contributed by atoms with Crippen LogP contribution in [0.5, 0.6) is 0 Å². The van der Waals surface area contributed by atoms with Crippen LogP contribution in [0.2, 0.25) is 0 Å². The molecule has 94 valence electrons. The summed E-state index contributed by atoms with van der Waals surface area (Å²) < 4.78 is 0. The number of carbonyl (C=O) groups is 1. The molecule has 0 aromatic rings. The highest BCUT2D eigenvalue weighted by molar-refractivity contribution is 5.76. The van der Waals surface area contributed by atoms with Crippen molar-refractivity contribution >= 4 is 5.91 Å². The molecule has 0 spiro atoms. The summed E-state index contributed by atoms with van der Waals surface area (Å²) in [5.74, 6) is 0.921. The quantitative estimate of drug-likeness (QED) is 0.778. The molecule has 2 atom stereocenters. The molecule has 1 saturated heterocycles. The Morgan fingerprint density at radius 2 is 2.12 bits per heavy atom. The minimum absolute atomic E-state index is 0.336. The van der Waals surface area contributed by atoms with Gasteiger partial charge in [-0.25, -0.2) is 0 Å². The molecule has 1 aliphatic rings. The van der Waals surface area contributed by atoms with Crippen LogP contribution in [0.25, 0.3) is 0 Å². The van der Waals surface area contributed by atoms with Crippen molar-refractivity contribution in [3.8, 4) is 0 Å². The second-order valence-corrected chi connectivity index (χ2v) is 4.92. The molecule has 1 N–H and O–H groups in total. The van der Waals surface area contributed by atoms with E-state index in [9.17, 15) is 4.79 Å². The molecule has 3 nitrogen and oxygen atoms in total. The summed E-state index contributed by atoms with van der Waals surface area (Å²) in [5, 5.41) is 3.57. The monoisotopic (exact) mass is 226 g/mol. The van der Waals surface area contributed by atoms with Gasteiger partial charge in [0.15, 0.2) is 0 Å². The normalized spacial score (nSPS) is 25.8. The number of rotatable bonds is 5. The Labute approximate surface area is 99.6 Å². The zero-order valence-corrected chi connectivity index (χ0v) is 11.0. The van der Waals surface area contributed by atoms with E-state index in [1.54, 1.807) is 0 Å². The maximum absolute atomic E-state index is 11.8. The number of carbonyl (C=O) groups excluding carboxylic acids is 1. The molecule has 0 aromatic carbocycles. The Kier molecular flexibility index (Phi) is 5.81. The molecule has 1 rings (SSSR count). The van der Waals surface area contributed by atoms with Crippen molar-refractivity contribution in [3.63, 3.8) is 0 Å². The zero-order valence-electron chi connectivity index (χ0n) is 11.0. The summed E-state index contributed by atoms with van der Waals surface area (Å²) in [6.45, 7) is 9.47. The van der Waals surface area contributed by atoms with Crippen molar-refractivity contribution < 1.29 is 4.79 Å². The van der Waals surface area contributed by atoms with Crippen LogP contribution in [-0.4, -0.2) is 36.5 Å². The van der Waals surface area contributed by atoms with E-state index in [4.69, 9.17) is 0 Å². The minimum Gasteiger partial charge on any atom is -0.342 e. The first kappa shape index (κ1) is 13.5. The smallest absolute Gasteiger partial charge is 0.222 e. The van der Waals surface area contributed by atoms with E-state index < -0.39 is 0 Å². The number of nitrogens with zero attached hydrogens (tertiary/aromatic N) is 1. The van der Waals surface area contributed by atoms with Gasteiger partial charge in [-0.15, -0.1) is 0 Å². The third-order valence-electron chi connectivity index (χ3n) is 3.38. The predicted octanol–water partition coefficient (Wildman–Crippen LogP) is 2.02. The predicted molar refractivity (Wildman–Crippen MR) is 67.4 cm³/mol. The van der Waals surface area contributed by atoms with Crippen molar-refractivity contribution in [2.75, 3.05) is 19.6 Å². The molecular formula is C13H26N2O. The highest BCUT2D eigenvalue weighted by Crippen LogP contribution is 2.17. The van der Waals surface area contributed by atoms with E-state index >= 15 is 0 Å². The summed E-state index contributed by atoms with van der Waals surface area (Å²) in [5.41, 5.74) is 0. The van der Waals surface area contributed by atoms with E-state index in [1.165, 1.54) is 6.42 Å². The van der Waals surface area contributed by atoms with Crippen LogP contribution in [0.15, 0.2) is 0 Å². The van der Waals surface area contributed by atoms with E-state index in [-0.39, 0.29) is 0 Å². The molecule has 0 radical (unpaired) electrons. The van der Waals surface area contributed by atoms with Gasteiger partial charge in [0.05, 0.1) is 0 Å². The van der Waals surface area contributed by atoms with Crippen LogP contribution < -0.4 is 5.32 Å². The van der Waals surface area contributed by atoms with Crippen LogP contribution in [-0.2, 0) is 4.79 Å². The molecule has 0 saturated carbocycles. The van der Waals surface area contributed by atoms with Gasteiger partial charge in [-0.05, 0) is 31.7 Å². The van der Waals surface area contributed by atoms with Crippen molar-refractivity contribution in [3.05, 3.63) is 0 Å². The average molecular weight is 226 g/mol. The maximum atomic E-state index is 11.8. The number of nitrogens with one attached hydrogen (secondary N) is 1. The second kappa shape index (κ2) is 6.89. The number of hydrogen-bond acceptors (Lipinski definition) is 2. The summed E-state index contributed by atoms with van der Waals surface area (Å²) in [7, 11) is 0. The fraction of sp³-hybridized carbons (Fsp3) is 0.923. The number of hydrogen-bond donors (Lipinski definition) is 1. The van der Waals surface area contributed by atoms with Crippen molar-refractivity contribution in [2.24, 2.45) is 5.92 Å². The SMILES string of the molecule is CCCNC1CCN(C(=O)CCC)CC1C. The van der Waals surface area contributed by atoms with Crippen LogP contribution >= 0.6 is 0 Å². The molecule has 1 fully saturated rings. The molecule has 3 heteroatoms. The number of amides is 1. The number of likely N-dealkylation sites (tertiary alicyclic amines) is 1. The Hall–Kier alpha value is -0.570. The lowest BCUT2D eigenvalue weighted by Crippen LogP contribution is -2.50. The van der Waals surface area contributed by atoms with Gasteiger partial charge in [0, 0.05) is 25.6 Å². The molecule has 1 heterocycles. The summed E-state index contributed by atoms with van der Waals surface area (Å²) >= 11 is 0. The molecule has 1 aliphatic heterocycles. The zero-order chi connectivity index (χ0) is 12.0. The maximum Gasteiger partial charge on any atom is 0.222 e. The third kappa shape index (κ3) is 3.78. The minimum atomic E-state index is 0.336. The van der Waals surface area contributed by atoms with E-state index in [0.717, 1.165) is 32.5 Å². The van der Waals surface area contributed by atoms with Crippen LogP contribution in [0.3, 0.4) is 0 Å². The molecule has 16 heavy (non-hydrogen) atoms. The Morgan fingerprint density at radius 1 is 1.38 bits per heavy atom. The fourth-order valence-corrected chi connectivity index (χ4v) is 2.38. The van der Waals surface area contributed by atoms with Crippen LogP contribution in [0.1, 0.15) is 46.5 Å². The van der Waals surface area contributed by atoms with Crippen LogP contribution in [0.4, 0.5) is 0 Å². The molecule has 0 aromatic heterocycles. The molecule has 1 amide bonds.